The molecule has 1 unspecified atom stereocenters. The maximum atomic E-state index is 11.7. The third kappa shape index (κ3) is 3.71. The minimum atomic E-state index is -3.53. The highest BCUT2D eigenvalue weighted by molar-refractivity contribution is 7.89. The van der Waals surface area contributed by atoms with Crippen LogP contribution >= 0.6 is 11.6 Å². The molecule has 0 radical (unpaired) electrons. The number of hydrogen-bond acceptors (Lipinski definition) is 4. The molecule has 1 N–H and O–H groups in total. The van der Waals surface area contributed by atoms with Crippen LogP contribution in [0.25, 0.3) is 0 Å². The molecule has 5 nitrogen and oxygen atoms in total. The van der Waals surface area contributed by atoms with Crippen LogP contribution in [-0.2, 0) is 14.8 Å². The number of pyridine rings is 1. The third-order valence-electron chi connectivity index (χ3n) is 1.97. The average molecular weight is 265 g/mol. The third-order valence-corrected chi connectivity index (χ3v) is 3.61. The Kier molecular flexibility index (Phi) is 4.67. The standard InChI is InChI=1S/C9H13ClN2O3S/c1-7(15-2)5-12-16(13,14)8-3-4-9(10)11-6-8/h3-4,6-7,12H,5H2,1-2H3. The van der Waals surface area contributed by atoms with Crippen LogP contribution in [-0.4, -0.2) is 33.2 Å². The van der Waals surface area contributed by atoms with Gasteiger partial charge in [0, 0.05) is 19.9 Å². The van der Waals surface area contributed by atoms with Gasteiger partial charge in [0.25, 0.3) is 0 Å². The lowest BCUT2D eigenvalue weighted by atomic mass is 10.4. The van der Waals surface area contributed by atoms with Crippen molar-refractivity contribution in [2.24, 2.45) is 0 Å². The molecule has 1 heterocycles. The number of methoxy groups -OCH3 is 1. The van der Waals surface area contributed by atoms with E-state index >= 15 is 0 Å². The van der Waals surface area contributed by atoms with Gasteiger partial charge in [0.15, 0.2) is 0 Å². The molecular formula is C9H13ClN2O3S. The van der Waals surface area contributed by atoms with E-state index in [2.05, 4.69) is 9.71 Å². The van der Waals surface area contributed by atoms with E-state index in [1.807, 2.05) is 0 Å². The Labute approximate surface area is 99.8 Å². The molecule has 0 aliphatic heterocycles. The van der Waals surface area contributed by atoms with Gasteiger partial charge in [0.05, 0.1) is 6.10 Å². The predicted octanol–water partition coefficient (Wildman–Crippen LogP) is 1.05. The molecule has 0 amide bonds. The molecule has 0 saturated heterocycles. The molecule has 0 aliphatic rings. The Bertz CT molecular complexity index is 433. The smallest absolute Gasteiger partial charge is 0.242 e. The van der Waals surface area contributed by atoms with Crippen molar-refractivity contribution in [1.82, 2.24) is 9.71 Å². The molecule has 0 saturated carbocycles. The van der Waals surface area contributed by atoms with Crippen LogP contribution in [0.3, 0.4) is 0 Å². The fourth-order valence-corrected chi connectivity index (χ4v) is 2.09. The Morgan fingerprint density at radius 2 is 2.25 bits per heavy atom. The lowest BCUT2D eigenvalue weighted by Gasteiger charge is -2.11. The van der Waals surface area contributed by atoms with E-state index in [0.717, 1.165) is 0 Å². The van der Waals surface area contributed by atoms with Crippen LogP contribution in [0.4, 0.5) is 0 Å². The van der Waals surface area contributed by atoms with Crippen LogP contribution < -0.4 is 4.72 Å². The largest absolute Gasteiger partial charge is 0.380 e. The minimum absolute atomic E-state index is 0.0835. The van der Waals surface area contributed by atoms with Crippen molar-refractivity contribution in [1.29, 1.82) is 0 Å². The van der Waals surface area contributed by atoms with Gasteiger partial charge >= 0.3 is 0 Å². The van der Waals surface area contributed by atoms with Gasteiger partial charge in [-0.2, -0.15) is 0 Å². The number of aromatic nitrogens is 1. The van der Waals surface area contributed by atoms with Crippen molar-refractivity contribution in [2.75, 3.05) is 13.7 Å². The van der Waals surface area contributed by atoms with Crippen molar-refractivity contribution in [3.05, 3.63) is 23.5 Å². The Morgan fingerprint density at radius 1 is 1.56 bits per heavy atom. The number of nitrogens with one attached hydrogen (secondary N) is 1. The summed E-state index contributed by atoms with van der Waals surface area (Å²) in [6.07, 6.45) is 1.03. The quantitative estimate of drug-likeness (QED) is 0.807. The fourth-order valence-electron chi connectivity index (χ4n) is 0.915. The molecule has 1 rings (SSSR count). The van der Waals surface area contributed by atoms with Gasteiger partial charge in [-0.05, 0) is 19.1 Å². The van der Waals surface area contributed by atoms with Crippen molar-refractivity contribution in [3.8, 4) is 0 Å². The topological polar surface area (TPSA) is 68.3 Å². The van der Waals surface area contributed by atoms with Crippen LogP contribution in [0.1, 0.15) is 6.92 Å². The van der Waals surface area contributed by atoms with Crippen molar-refractivity contribution in [3.63, 3.8) is 0 Å². The second-order valence-electron chi connectivity index (χ2n) is 3.21. The highest BCUT2D eigenvalue weighted by atomic mass is 35.5. The second kappa shape index (κ2) is 5.58. The van der Waals surface area contributed by atoms with E-state index < -0.39 is 10.0 Å². The first-order valence-corrected chi connectivity index (χ1v) is 6.46. The van der Waals surface area contributed by atoms with E-state index in [9.17, 15) is 8.42 Å². The summed E-state index contributed by atoms with van der Waals surface area (Å²) in [7, 11) is -2.02. The molecule has 0 bridgehead atoms. The molecule has 0 aromatic carbocycles. The summed E-state index contributed by atoms with van der Waals surface area (Å²) in [6.45, 7) is 1.98. The van der Waals surface area contributed by atoms with Gasteiger partial charge in [-0.1, -0.05) is 11.6 Å². The summed E-state index contributed by atoms with van der Waals surface area (Å²) in [5, 5.41) is 0.254. The maximum absolute atomic E-state index is 11.7. The summed E-state index contributed by atoms with van der Waals surface area (Å²) in [4.78, 5) is 3.79. The monoisotopic (exact) mass is 264 g/mol. The molecule has 0 aliphatic carbocycles. The van der Waals surface area contributed by atoms with Gasteiger partial charge < -0.3 is 4.74 Å². The number of ether oxygens (including phenoxy) is 1. The first-order valence-electron chi connectivity index (χ1n) is 4.59. The first-order chi connectivity index (χ1) is 7.45. The summed E-state index contributed by atoms with van der Waals surface area (Å²) in [5.41, 5.74) is 0. The zero-order valence-electron chi connectivity index (χ0n) is 8.97. The zero-order valence-corrected chi connectivity index (χ0v) is 10.5. The average Bonchev–Trinajstić information content (AvgIpc) is 2.26. The molecule has 1 aromatic heterocycles. The highest BCUT2D eigenvalue weighted by Crippen LogP contribution is 2.10. The SMILES string of the molecule is COC(C)CNS(=O)(=O)c1ccc(Cl)nc1. The van der Waals surface area contributed by atoms with Crippen molar-refractivity contribution >= 4 is 21.6 Å². The molecule has 16 heavy (non-hydrogen) atoms. The van der Waals surface area contributed by atoms with E-state index in [1.54, 1.807) is 6.92 Å². The Hall–Kier alpha value is -0.690. The van der Waals surface area contributed by atoms with Gasteiger partial charge in [0.1, 0.15) is 10.0 Å². The van der Waals surface area contributed by atoms with E-state index in [-0.39, 0.29) is 22.7 Å². The van der Waals surface area contributed by atoms with Crippen molar-refractivity contribution in [2.45, 2.75) is 17.9 Å². The lowest BCUT2D eigenvalue weighted by molar-refractivity contribution is 0.122. The fraction of sp³-hybridized carbons (Fsp3) is 0.444. The second-order valence-corrected chi connectivity index (χ2v) is 5.37. The van der Waals surface area contributed by atoms with Crippen LogP contribution in [0.5, 0.6) is 0 Å². The van der Waals surface area contributed by atoms with Crippen LogP contribution in [0.15, 0.2) is 23.2 Å². The summed E-state index contributed by atoms with van der Waals surface area (Å²) >= 11 is 5.57. The first kappa shape index (κ1) is 13.4. The number of rotatable bonds is 5. The summed E-state index contributed by atoms with van der Waals surface area (Å²) in [6, 6.07) is 2.82. The van der Waals surface area contributed by atoms with E-state index in [4.69, 9.17) is 16.3 Å². The number of sulfonamides is 1. The summed E-state index contributed by atoms with van der Waals surface area (Å²) in [5.74, 6) is 0. The van der Waals surface area contributed by atoms with Crippen LogP contribution in [0, 0.1) is 0 Å². The predicted molar refractivity (Wildman–Crippen MR) is 60.9 cm³/mol. The molecule has 90 valence electrons. The molecule has 1 atom stereocenters. The van der Waals surface area contributed by atoms with Gasteiger partial charge in [-0.3, -0.25) is 0 Å². The Balaban J connectivity index is 2.74. The number of halogens is 1. The highest BCUT2D eigenvalue weighted by Gasteiger charge is 2.15. The maximum Gasteiger partial charge on any atom is 0.242 e. The van der Waals surface area contributed by atoms with Crippen molar-refractivity contribution < 1.29 is 13.2 Å². The molecule has 0 fully saturated rings. The zero-order chi connectivity index (χ0) is 12.2. The molecule has 1 aromatic rings. The molecule has 7 heteroatoms. The minimum Gasteiger partial charge on any atom is -0.380 e. The molecular weight excluding hydrogens is 252 g/mol. The summed E-state index contributed by atoms with van der Waals surface area (Å²) < 4.78 is 30.8. The number of nitrogens with zero attached hydrogens (tertiary/aromatic N) is 1. The van der Waals surface area contributed by atoms with Gasteiger partial charge in [-0.15, -0.1) is 0 Å². The van der Waals surface area contributed by atoms with Gasteiger partial charge in [-0.25, -0.2) is 18.1 Å². The van der Waals surface area contributed by atoms with Gasteiger partial charge in [0.2, 0.25) is 10.0 Å². The van der Waals surface area contributed by atoms with Crippen LogP contribution in [0.2, 0.25) is 5.15 Å². The lowest BCUT2D eigenvalue weighted by Crippen LogP contribution is -2.31. The van der Waals surface area contributed by atoms with E-state index in [1.165, 1.54) is 25.4 Å². The molecule has 0 spiro atoms. The Morgan fingerprint density at radius 3 is 2.75 bits per heavy atom. The van der Waals surface area contributed by atoms with E-state index in [0.29, 0.717) is 0 Å². The number of hydrogen-bond donors (Lipinski definition) is 1. The normalized spacial score (nSPS) is 13.7.